The molecule has 85 heavy (non-hydrogen) atoms. The van der Waals surface area contributed by atoms with Gasteiger partial charge in [0.05, 0.1) is 88.7 Å². The summed E-state index contributed by atoms with van der Waals surface area (Å²) in [6.07, 6.45) is 7.39. The van der Waals surface area contributed by atoms with E-state index >= 15 is 0 Å². The van der Waals surface area contributed by atoms with Gasteiger partial charge in [-0.2, -0.15) is 25.5 Å². The molecule has 10 aromatic rings. The van der Waals surface area contributed by atoms with E-state index in [0.29, 0.717) is 62.8 Å². The molecule has 34 heteroatoms. The molecule has 0 saturated heterocycles. The SMILES string of the molecule is C.COc1c(-c2ncn(C)n2)cccc1[N+](=O)[O-].COc1c(-c2ncn(C)n2)cccc1[N+](=O)[O-].COc1c(-c2ncn[nH]2)cccc1[N+](=O)[O-].COc1c(-c2ncnn2C)cccc1[N+](=O)[O-].COc1c(N)cccc1-c1ncn(C)n1.[CH3-].[Pd]. The van der Waals surface area contributed by atoms with E-state index in [-0.39, 0.29) is 81.0 Å². The van der Waals surface area contributed by atoms with Crippen molar-refractivity contribution in [1.82, 2.24) is 74.2 Å². The minimum Gasteiger partial charge on any atom is -0.494 e. The maximum atomic E-state index is 10.9. The maximum absolute atomic E-state index is 10.9. The summed E-state index contributed by atoms with van der Waals surface area (Å²) in [6.45, 7) is 0. The van der Waals surface area contributed by atoms with E-state index in [0.717, 1.165) is 5.56 Å². The number of benzene rings is 5. The van der Waals surface area contributed by atoms with E-state index < -0.39 is 19.7 Å². The van der Waals surface area contributed by atoms with Crippen LogP contribution in [0.4, 0.5) is 28.4 Å². The number of hydrogen-bond donors (Lipinski definition) is 2. The first kappa shape index (κ1) is 68.1. The summed E-state index contributed by atoms with van der Waals surface area (Å²) in [7, 11) is 14.1. The monoisotopic (exact) mass is 1260 g/mol. The van der Waals surface area contributed by atoms with Crippen LogP contribution in [-0.4, -0.2) is 129 Å². The van der Waals surface area contributed by atoms with Gasteiger partial charge in [0.15, 0.2) is 34.9 Å². The molecule has 0 radical (unpaired) electrons. The second-order valence-electron chi connectivity index (χ2n) is 16.2. The van der Waals surface area contributed by atoms with Crippen molar-refractivity contribution in [2.75, 3.05) is 41.3 Å². The van der Waals surface area contributed by atoms with Crippen molar-refractivity contribution in [1.29, 1.82) is 0 Å². The number of para-hydroxylation sites is 5. The van der Waals surface area contributed by atoms with Gasteiger partial charge in [0.2, 0.25) is 23.0 Å². The van der Waals surface area contributed by atoms with Crippen LogP contribution in [0.25, 0.3) is 56.9 Å². The third-order valence-corrected chi connectivity index (χ3v) is 11.0. The Morgan fingerprint density at radius 3 is 1.09 bits per heavy atom. The van der Waals surface area contributed by atoms with E-state index in [9.17, 15) is 40.5 Å². The Morgan fingerprint density at radius 1 is 0.459 bits per heavy atom. The van der Waals surface area contributed by atoms with Crippen LogP contribution in [0.3, 0.4) is 0 Å². The number of nitrogens with one attached hydrogen (secondary N) is 1. The van der Waals surface area contributed by atoms with E-state index in [1.165, 1.54) is 92.1 Å². The molecule has 33 nitrogen and oxygen atoms in total. The summed E-state index contributed by atoms with van der Waals surface area (Å²) in [5.74, 6) is 3.67. The van der Waals surface area contributed by atoms with Gasteiger partial charge in [-0.15, -0.1) is 0 Å². The smallest absolute Gasteiger partial charge is 0.311 e. The Morgan fingerprint density at radius 2 is 0.788 bits per heavy atom. The molecule has 0 unspecified atom stereocenters. The van der Waals surface area contributed by atoms with Gasteiger partial charge in [0.1, 0.15) is 31.6 Å². The fourth-order valence-electron chi connectivity index (χ4n) is 7.47. The fourth-order valence-corrected chi connectivity index (χ4v) is 7.47. The average molecular weight is 1260 g/mol. The molecule has 0 aliphatic carbocycles. The molecule has 5 aromatic carbocycles. The molecule has 10 rings (SSSR count). The topological polar surface area (TPSA) is 409 Å². The van der Waals surface area contributed by atoms with Gasteiger partial charge in [0, 0.05) is 72.9 Å². The second-order valence-corrected chi connectivity index (χ2v) is 16.2. The van der Waals surface area contributed by atoms with Crippen molar-refractivity contribution < 1.29 is 63.8 Å². The number of aromatic amines is 1. The van der Waals surface area contributed by atoms with Crippen molar-refractivity contribution in [2.45, 2.75) is 7.43 Å². The van der Waals surface area contributed by atoms with Gasteiger partial charge in [-0.3, -0.25) is 59.6 Å². The van der Waals surface area contributed by atoms with Crippen LogP contribution in [0.2, 0.25) is 0 Å². The zero-order valence-electron chi connectivity index (χ0n) is 46.3. The number of ether oxygens (including phenoxy) is 5. The molecule has 0 saturated carbocycles. The van der Waals surface area contributed by atoms with Crippen LogP contribution in [0, 0.1) is 47.9 Å². The minimum atomic E-state index is -0.501. The molecule has 0 amide bonds. The molecule has 0 aliphatic heterocycles. The zero-order chi connectivity index (χ0) is 59.6. The quantitative estimate of drug-likeness (QED) is 0.0345. The molecule has 0 atom stereocenters. The Balaban J connectivity index is 0.000000276. The predicted octanol–water partition coefficient (Wildman–Crippen LogP) is 7.74. The number of H-pyrrole nitrogens is 1. The van der Waals surface area contributed by atoms with E-state index in [4.69, 9.17) is 29.4 Å². The number of anilines is 1. The van der Waals surface area contributed by atoms with Crippen LogP contribution in [0.1, 0.15) is 7.43 Å². The molecule has 3 N–H and O–H groups in total. The molecular formula is C51H57N20O13Pd-. The van der Waals surface area contributed by atoms with Gasteiger partial charge >= 0.3 is 22.7 Å². The van der Waals surface area contributed by atoms with Gasteiger partial charge in [-0.05, 0) is 36.4 Å². The van der Waals surface area contributed by atoms with Gasteiger partial charge in [-0.25, -0.2) is 29.6 Å². The summed E-state index contributed by atoms with van der Waals surface area (Å²) < 4.78 is 31.7. The van der Waals surface area contributed by atoms with Crippen LogP contribution >= 0.6 is 0 Å². The summed E-state index contributed by atoms with van der Waals surface area (Å²) in [5, 5.41) is 66.0. The first-order valence-corrected chi connectivity index (χ1v) is 23.3. The molecule has 0 spiro atoms. The number of nitrogen functional groups attached to an aromatic ring is 1. The fraction of sp³-hybridized carbons (Fsp3) is 0.196. The van der Waals surface area contributed by atoms with E-state index in [1.54, 1.807) is 93.9 Å². The average Bonchev–Trinajstić information content (AvgIpc) is 3.75. The Bertz CT molecular complexity index is 3730. The second kappa shape index (κ2) is 31.8. The van der Waals surface area contributed by atoms with Crippen LogP contribution < -0.4 is 29.4 Å². The third-order valence-electron chi connectivity index (χ3n) is 11.0. The molecule has 5 heterocycles. The van der Waals surface area contributed by atoms with E-state index in [1.807, 2.05) is 19.2 Å². The minimum absolute atomic E-state index is 0. The Hall–Kier alpha value is -11.1. The summed E-state index contributed by atoms with van der Waals surface area (Å²) in [6, 6.07) is 24.1. The maximum Gasteiger partial charge on any atom is 0.311 e. The number of rotatable bonds is 14. The number of nitrogens with two attached hydrogens (primary N) is 1. The van der Waals surface area contributed by atoms with Crippen LogP contribution in [-0.2, 0) is 48.6 Å². The van der Waals surface area contributed by atoms with Crippen molar-refractivity contribution in [3.63, 3.8) is 0 Å². The number of aryl methyl sites for hydroxylation is 4. The normalized spacial score (nSPS) is 9.85. The number of methoxy groups -OCH3 is 5. The summed E-state index contributed by atoms with van der Waals surface area (Å²) in [4.78, 5) is 61.6. The first-order valence-electron chi connectivity index (χ1n) is 23.3. The summed E-state index contributed by atoms with van der Waals surface area (Å²) in [5.41, 5.74) is 8.84. The van der Waals surface area contributed by atoms with Crippen molar-refractivity contribution in [3.8, 4) is 85.7 Å². The van der Waals surface area contributed by atoms with Crippen molar-refractivity contribution in [2.24, 2.45) is 28.2 Å². The standard InChI is InChI=1S/3C10H10N4O3.C10H12N4O.C9H8N4O3.CH4.CH3.Pd/c2*1-13-6-11-10(12-13)7-4-3-5-8(14(15)16)9(7)17-2;1-13-10(11-6-12-13)7-4-3-5-8(14(15)16)9(7)17-2;1-14-6-12-10(13-14)7-4-3-5-8(11)9(7)15-2;1-16-8-6(9-10-5-11-12-9)3-2-4-7(8)13(14)15;;;/h3*3-6H,1-2H3;3-6H,11H2,1-2H3;2-5H,1H3,(H,10,11,12);1H4;1H3;/q;;;;;;-1;. The summed E-state index contributed by atoms with van der Waals surface area (Å²) >= 11 is 0. The largest absolute Gasteiger partial charge is 0.494 e. The third kappa shape index (κ3) is 16.5. The Kier molecular flexibility index (Phi) is 25.5. The first-order chi connectivity index (χ1) is 39.4. The number of aromatic nitrogens is 15. The number of nitro benzene ring substituents is 4. The molecule has 450 valence electrons. The zero-order valence-corrected chi connectivity index (χ0v) is 47.9. The molecule has 0 fully saturated rings. The van der Waals surface area contributed by atoms with Crippen LogP contribution in [0.15, 0.2) is 123 Å². The van der Waals surface area contributed by atoms with Gasteiger partial charge < -0.3 is 36.8 Å². The van der Waals surface area contributed by atoms with Crippen LogP contribution in [0.5, 0.6) is 28.7 Å². The van der Waals surface area contributed by atoms with Gasteiger partial charge in [-0.1, -0.05) is 37.8 Å². The molecule has 5 aromatic heterocycles. The molecule has 0 aliphatic rings. The predicted molar refractivity (Wildman–Crippen MR) is 305 cm³/mol. The Labute approximate surface area is 497 Å². The van der Waals surface area contributed by atoms with E-state index in [2.05, 4.69) is 55.5 Å². The van der Waals surface area contributed by atoms with Gasteiger partial charge in [0.25, 0.3) is 0 Å². The van der Waals surface area contributed by atoms with Crippen molar-refractivity contribution >= 4 is 28.4 Å². The molecule has 0 bridgehead atoms. The number of nitrogens with zero attached hydrogens (tertiary/aromatic N) is 18. The number of hydrogen-bond acceptors (Lipinski definition) is 24. The number of nitro groups is 4. The van der Waals surface area contributed by atoms with Crippen molar-refractivity contribution in [3.05, 3.63) is 171 Å². The molecular weight excluding hydrogens is 1210 g/mol.